The summed E-state index contributed by atoms with van der Waals surface area (Å²) in [5.41, 5.74) is 0. The van der Waals surface area contributed by atoms with Gasteiger partial charge in [0.25, 0.3) is 0 Å². The molecule has 0 heterocycles. The van der Waals surface area contributed by atoms with Crippen LogP contribution in [-0.2, 0) is 13.3 Å². The van der Waals surface area contributed by atoms with Crippen LogP contribution in [0.3, 0.4) is 0 Å². The van der Waals surface area contributed by atoms with Crippen molar-refractivity contribution >= 4 is 16.6 Å². The van der Waals surface area contributed by atoms with Crippen LogP contribution in [0.15, 0.2) is 0 Å². The Morgan fingerprint density at radius 1 is 1.56 bits per heavy atom. The molecule has 3 nitrogen and oxygen atoms in total. The van der Waals surface area contributed by atoms with Gasteiger partial charge in [-0.1, -0.05) is 0 Å². The number of rotatable bonds is 4. The van der Waals surface area contributed by atoms with Gasteiger partial charge in [-0.15, -0.1) is 0 Å². The normalized spacial score (nSPS) is 12.2. The zero-order valence-corrected chi connectivity index (χ0v) is 10.5. The van der Waals surface area contributed by atoms with E-state index in [4.69, 9.17) is 13.3 Å². The molecule has 0 bridgehead atoms. The standard InChI is InChI=1S/C4H9O3.Al.Na.3H/c1-6-3-4(5)7-2;;;;;/h4H,3H2,1-2H3;;;;;/q-1;2*+1;;;-1. The van der Waals surface area contributed by atoms with Gasteiger partial charge in [0.15, 0.2) is 6.29 Å². The SMILES string of the molecule is COCC(OC)[O][AlH2].[H-].[Na+]. The van der Waals surface area contributed by atoms with Gasteiger partial charge in [0, 0.05) is 14.2 Å². The number of methoxy groups -OCH3 is 2. The van der Waals surface area contributed by atoms with Crippen molar-refractivity contribution in [1.82, 2.24) is 0 Å². The van der Waals surface area contributed by atoms with Crippen molar-refractivity contribution in [2.24, 2.45) is 0 Å². The maximum absolute atomic E-state index is 4.93. The molecule has 0 N–H and O–H groups in total. The van der Waals surface area contributed by atoms with Gasteiger partial charge < -0.3 is 14.7 Å². The first-order chi connectivity index (χ1) is 3.85. The summed E-state index contributed by atoms with van der Waals surface area (Å²) < 4.78 is 14.5. The zero-order valence-electron chi connectivity index (χ0n) is 7.51. The summed E-state index contributed by atoms with van der Waals surface area (Å²) in [5, 5.41) is 0. The van der Waals surface area contributed by atoms with Crippen molar-refractivity contribution in [2.45, 2.75) is 6.29 Å². The van der Waals surface area contributed by atoms with Gasteiger partial charge in [-0.2, -0.15) is 0 Å². The van der Waals surface area contributed by atoms with Crippen LogP contribution >= 0.6 is 0 Å². The summed E-state index contributed by atoms with van der Waals surface area (Å²) in [5.74, 6) is 0. The average Bonchev–Trinajstić information content (AvgIpc) is 1.83. The van der Waals surface area contributed by atoms with Crippen LogP contribution < -0.4 is 29.6 Å². The molecule has 0 saturated heterocycles. The average molecular weight is 158 g/mol. The van der Waals surface area contributed by atoms with Crippen LogP contribution in [-0.4, -0.2) is 43.7 Å². The second-order valence-electron chi connectivity index (χ2n) is 1.36. The van der Waals surface area contributed by atoms with E-state index in [1.54, 1.807) is 14.2 Å². The molecule has 0 amide bonds. The quantitative estimate of drug-likeness (QED) is 0.311. The minimum atomic E-state index is -0.160. The molecule has 9 heavy (non-hydrogen) atoms. The molecule has 0 radical (unpaired) electrons. The summed E-state index contributed by atoms with van der Waals surface area (Å²) in [6, 6.07) is 0. The summed E-state index contributed by atoms with van der Waals surface area (Å²) >= 11 is 0.691. The van der Waals surface area contributed by atoms with E-state index in [9.17, 15) is 0 Å². The predicted molar refractivity (Wildman–Crippen MR) is 33.4 cm³/mol. The second kappa shape index (κ2) is 9.41. The summed E-state index contributed by atoms with van der Waals surface area (Å²) in [4.78, 5) is 0. The first kappa shape index (κ1) is 13.0. The predicted octanol–water partition coefficient (Wildman–Crippen LogP) is -3.71. The molecular formula is C4H12AlNaO3. The molecule has 0 saturated carbocycles. The van der Waals surface area contributed by atoms with Crippen LogP contribution in [0.25, 0.3) is 0 Å². The minimum Gasteiger partial charge on any atom is -1.00 e. The third kappa shape index (κ3) is 7.31. The van der Waals surface area contributed by atoms with Gasteiger partial charge in [0.05, 0.1) is 6.61 Å². The van der Waals surface area contributed by atoms with Crippen molar-refractivity contribution in [1.29, 1.82) is 0 Å². The maximum Gasteiger partial charge on any atom is 1.00 e. The summed E-state index contributed by atoms with van der Waals surface area (Å²) in [7, 11) is 3.22. The van der Waals surface area contributed by atoms with Gasteiger partial charge in [-0.3, -0.25) is 0 Å². The topological polar surface area (TPSA) is 27.7 Å². The Morgan fingerprint density at radius 2 is 2.11 bits per heavy atom. The van der Waals surface area contributed by atoms with E-state index in [1.807, 2.05) is 0 Å². The smallest absolute Gasteiger partial charge is 1.00 e. The first-order valence-corrected chi connectivity index (χ1v) is 3.21. The molecular weight excluding hydrogens is 146 g/mol. The van der Waals surface area contributed by atoms with E-state index in [2.05, 4.69) is 0 Å². The molecule has 0 aromatic carbocycles. The fourth-order valence-corrected chi connectivity index (χ4v) is 0.697. The maximum atomic E-state index is 4.93. The van der Waals surface area contributed by atoms with Gasteiger partial charge in [0.1, 0.15) is 0 Å². The summed E-state index contributed by atoms with van der Waals surface area (Å²) in [6.45, 7) is 0.514. The van der Waals surface area contributed by atoms with Crippen LogP contribution in [0.5, 0.6) is 0 Å². The molecule has 0 aliphatic heterocycles. The van der Waals surface area contributed by atoms with Crippen LogP contribution in [0, 0.1) is 0 Å². The Hall–Kier alpha value is 1.41. The van der Waals surface area contributed by atoms with Crippen molar-refractivity contribution in [3.8, 4) is 0 Å². The van der Waals surface area contributed by atoms with Crippen molar-refractivity contribution in [3.05, 3.63) is 0 Å². The molecule has 0 aromatic heterocycles. The van der Waals surface area contributed by atoms with Crippen molar-refractivity contribution < 1.29 is 44.2 Å². The van der Waals surface area contributed by atoms with Crippen LogP contribution in [0.4, 0.5) is 0 Å². The molecule has 0 aromatic rings. The fourth-order valence-electron chi connectivity index (χ4n) is 0.368. The molecule has 0 fully saturated rings. The molecule has 0 aliphatic rings. The van der Waals surface area contributed by atoms with E-state index in [-0.39, 0.29) is 37.3 Å². The number of hydrogen-bond acceptors (Lipinski definition) is 3. The third-order valence-electron chi connectivity index (χ3n) is 0.829. The Morgan fingerprint density at radius 3 is 2.22 bits per heavy atom. The molecule has 0 spiro atoms. The molecule has 50 valence electrons. The monoisotopic (exact) mass is 158 g/mol. The van der Waals surface area contributed by atoms with Gasteiger partial charge in [-0.25, -0.2) is 0 Å². The van der Waals surface area contributed by atoms with Crippen molar-refractivity contribution in [3.63, 3.8) is 0 Å². The van der Waals surface area contributed by atoms with Crippen molar-refractivity contribution in [2.75, 3.05) is 20.8 Å². The minimum absolute atomic E-state index is 0. The van der Waals surface area contributed by atoms with E-state index >= 15 is 0 Å². The second-order valence-corrected chi connectivity index (χ2v) is 1.83. The Kier molecular flexibility index (Phi) is 13.6. The van der Waals surface area contributed by atoms with Crippen LogP contribution in [0.2, 0.25) is 0 Å². The van der Waals surface area contributed by atoms with Crippen LogP contribution in [0.1, 0.15) is 1.43 Å². The molecule has 5 heteroatoms. The third-order valence-corrected chi connectivity index (χ3v) is 1.35. The Labute approximate surface area is 87.6 Å². The Balaban J connectivity index is -0.000000245. The van der Waals surface area contributed by atoms with E-state index < -0.39 is 0 Å². The van der Waals surface area contributed by atoms with E-state index in [0.29, 0.717) is 23.2 Å². The molecule has 1 unspecified atom stereocenters. The summed E-state index contributed by atoms with van der Waals surface area (Å²) in [6.07, 6.45) is -0.160. The van der Waals surface area contributed by atoms with E-state index in [0.717, 1.165) is 0 Å². The molecule has 0 aliphatic carbocycles. The zero-order chi connectivity index (χ0) is 6.41. The first-order valence-electron chi connectivity index (χ1n) is 2.39. The largest absolute Gasteiger partial charge is 1.00 e. The number of ether oxygens (including phenoxy) is 2. The Bertz CT molecular complexity index is 55.8. The molecule has 1 atom stereocenters. The van der Waals surface area contributed by atoms with Gasteiger partial charge >= 0.3 is 46.2 Å². The fraction of sp³-hybridized carbons (Fsp3) is 1.00. The number of hydrogen-bond donors (Lipinski definition) is 0. The van der Waals surface area contributed by atoms with Gasteiger partial charge in [-0.05, 0) is 0 Å². The molecule has 0 rings (SSSR count). The van der Waals surface area contributed by atoms with Gasteiger partial charge in [0.2, 0.25) is 0 Å². The van der Waals surface area contributed by atoms with E-state index in [1.165, 1.54) is 0 Å².